The van der Waals surface area contributed by atoms with Crippen LogP contribution in [0, 0.1) is 11.3 Å². The molecule has 4 aromatic rings. The van der Waals surface area contributed by atoms with Crippen molar-refractivity contribution in [1.29, 1.82) is 5.26 Å². The van der Waals surface area contributed by atoms with E-state index < -0.39 is 11.9 Å². The molecule has 0 radical (unpaired) electrons. The summed E-state index contributed by atoms with van der Waals surface area (Å²) in [5.41, 5.74) is 9.10. The topological polar surface area (TPSA) is 104 Å². The number of carbonyl (C=O) groups excluding carboxylic acids is 1. The van der Waals surface area contributed by atoms with E-state index in [9.17, 15) is 10.1 Å². The number of fused-ring (bicyclic) bond motifs is 1. The fourth-order valence-corrected chi connectivity index (χ4v) is 4.75. The SMILES string of the molecule is COc1ccc(C(=O)Oc2ccc3c(c2)OC(N)=C(C#N)C3c2ccc(OCc3ccc(Cl)cc3Cl)cc2)cc1. The maximum absolute atomic E-state index is 12.6. The Morgan fingerprint density at radius 2 is 1.65 bits per heavy atom. The fraction of sp³-hybridized carbons (Fsp3) is 0.0968. The number of methoxy groups -OCH3 is 1. The van der Waals surface area contributed by atoms with Gasteiger partial charge in [0.2, 0.25) is 5.88 Å². The second kappa shape index (κ2) is 11.6. The molecule has 5 rings (SSSR count). The number of allylic oxidation sites excluding steroid dienone is 1. The predicted octanol–water partition coefficient (Wildman–Crippen LogP) is 7.02. The monoisotopic (exact) mass is 572 g/mol. The lowest BCUT2D eigenvalue weighted by Crippen LogP contribution is -2.21. The summed E-state index contributed by atoms with van der Waals surface area (Å²) in [5.74, 6) is 0.877. The van der Waals surface area contributed by atoms with E-state index in [1.165, 1.54) is 0 Å². The largest absolute Gasteiger partial charge is 0.497 e. The van der Waals surface area contributed by atoms with Crippen LogP contribution in [0.15, 0.2) is 96.4 Å². The van der Waals surface area contributed by atoms with Gasteiger partial charge in [-0.3, -0.25) is 0 Å². The molecule has 9 heteroatoms. The quantitative estimate of drug-likeness (QED) is 0.187. The van der Waals surface area contributed by atoms with Crippen molar-refractivity contribution in [3.63, 3.8) is 0 Å². The van der Waals surface area contributed by atoms with Gasteiger partial charge in [-0.05, 0) is 60.2 Å². The van der Waals surface area contributed by atoms with Gasteiger partial charge in [-0.2, -0.15) is 5.26 Å². The third kappa shape index (κ3) is 5.69. The van der Waals surface area contributed by atoms with Crippen LogP contribution < -0.4 is 24.7 Å². The fourth-order valence-electron chi connectivity index (χ4n) is 4.29. The highest BCUT2D eigenvalue weighted by molar-refractivity contribution is 6.35. The van der Waals surface area contributed by atoms with E-state index in [4.69, 9.17) is 47.9 Å². The zero-order valence-electron chi connectivity index (χ0n) is 21.2. The first kappa shape index (κ1) is 26.9. The Balaban J connectivity index is 1.36. The van der Waals surface area contributed by atoms with Crippen molar-refractivity contribution in [3.05, 3.63) is 129 Å². The molecule has 4 aromatic carbocycles. The second-order valence-corrected chi connectivity index (χ2v) is 9.68. The van der Waals surface area contributed by atoms with Crippen molar-refractivity contribution < 1.29 is 23.7 Å². The first-order valence-corrected chi connectivity index (χ1v) is 12.9. The Kier molecular flexibility index (Phi) is 7.83. The maximum atomic E-state index is 12.6. The standard InChI is InChI=1S/C31H22Cl2N2O5/c1-37-22-8-5-19(6-9-22)31(36)39-24-12-13-25-28(15-24)40-30(35)26(16-34)29(25)18-3-10-23(11-4-18)38-17-20-2-7-21(32)14-27(20)33/h2-15,29H,17,35H2,1H3. The van der Waals surface area contributed by atoms with Crippen molar-refractivity contribution in [1.82, 2.24) is 0 Å². The van der Waals surface area contributed by atoms with E-state index in [1.54, 1.807) is 61.7 Å². The van der Waals surface area contributed by atoms with Gasteiger partial charge >= 0.3 is 5.97 Å². The average molecular weight is 573 g/mol. The van der Waals surface area contributed by atoms with Crippen LogP contribution in [0.1, 0.15) is 33.0 Å². The van der Waals surface area contributed by atoms with Crippen LogP contribution in [0.4, 0.5) is 0 Å². The Bertz CT molecular complexity index is 1640. The Morgan fingerprint density at radius 3 is 2.33 bits per heavy atom. The maximum Gasteiger partial charge on any atom is 0.343 e. The number of rotatable bonds is 7. The summed E-state index contributed by atoms with van der Waals surface area (Å²) >= 11 is 12.2. The van der Waals surface area contributed by atoms with Crippen LogP contribution in [-0.4, -0.2) is 13.1 Å². The number of hydrogen-bond acceptors (Lipinski definition) is 7. The summed E-state index contributed by atoms with van der Waals surface area (Å²) in [6.45, 7) is 0.268. The van der Waals surface area contributed by atoms with Crippen LogP contribution >= 0.6 is 23.2 Å². The molecule has 1 heterocycles. The molecule has 40 heavy (non-hydrogen) atoms. The number of nitriles is 1. The highest BCUT2D eigenvalue weighted by atomic mass is 35.5. The minimum Gasteiger partial charge on any atom is -0.497 e. The van der Waals surface area contributed by atoms with Gasteiger partial charge in [-0.15, -0.1) is 0 Å². The second-order valence-electron chi connectivity index (χ2n) is 8.84. The van der Waals surface area contributed by atoms with Gasteiger partial charge in [0.15, 0.2) is 0 Å². The highest BCUT2D eigenvalue weighted by Crippen LogP contribution is 2.43. The van der Waals surface area contributed by atoms with Crippen molar-refractivity contribution in [2.75, 3.05) is 7.11 Å². The normalized spacial score (nSPS) is 14.0. The van der Waals surface area contributed by atoms with E-state index in [2.05, 4.69) is 6.07 Å². The molecule has 1 unspecified atom stereocenters. The number of halogens is 2. The van der Waals surface area contributed by atoms with Crippen LogP contribution in [0.3, 0.4) is 0 Å². The number of ether oxygens (including phenoxy) is 4. The number of nitrogens with two attached hydrogens (primary N) is 1. The van der Waals surface area contributed by atoms with Gasteiger partial charge in [0.05, 0.1) is 18.6 Å². The van der Waals surface area contributed by atoms with Gasteiger partial charge in [0, 0.05) is 27.2 Å². The van der Waals surface area contributed by atoms with Gasteiger partial charge < -0.3 is 24.7 Å². The van der Waals surface area contributed by atoms with Gasteiger partial charge in [0.1, 0.15) is 41.2 Å². The van der Waals surface area contributed by atoms with E-state index in [0.29, 0.717) is 38.4 Å². The molecule has 0 aliphatic carbocycles. The third-order valence-corrected chi connectivity index (χ3v) is 6.94. The number of esters is 1. The zero-order chi connectivity index (χ0) is 28.2. The highest BCUT2D eigenvalue weighted by Gasteiger charge is 2.31. The molecule has 0 bridgehead atoms. The number of benzene rings is 4. The molecule has 200 valence electrons. The third-order valence-electron chi connectivity index (χ3n) is 6.35. The lowest BCUT2D eigenvalue weighted by molar-refractivity contribution is 0.0734. The molecular formula is C31H22Cl2N2O5. The van der Waals surface area contributed by atoms with Gasteiger partial charge in [0.25, 0.3) is 0 Å². The molecule has 1 aliphatic rings. The molecule has 1 atom stereocenters. The predicted molar refractivity (Wildman–Crippen MR) is 151 cm³/mol. The summed E-state index contributed by atoms with van der Waals surface area (Å²) in [7, 11) is 1.55. The minimum absolute atomic E-state index is 0.0173. The van der Waals surface area contributed by atoms with E-state index in [-0.39, 0.29) is 23.8 Å². The molecule has 7 nitrogen and oxygen atoms in total. The minimum atomic E-state index is -0.535. The first-order chi connectivity index (χ1) is 19.4. The molecule has 0 saturated carbocycles. The molecular weight excluding hydrogens is 551 g/mol. The summed E-state index contributed by atoms with van der Waals surface area (Å²) in [4.78, 5) is 12.6. The Labute approximate surface area is 240 Å². The molecule has 0 amide bonds. The van der Waals surface area contributed by atoms with Gasteiger partial charge in [-0.25, -0.2) is 4.79 Å². The first-order valence-electron chi connectivity index (χ1n) is 12.1. The summed E-state index contributed by atoms with van der Waals surface area (Å²) in [6.07, 6.45) is 0. The van der Waals surface area contributed by atoms with Crippen LogP contribution in [0.5, 0.6) is 23.0 Å². The summed E-state index contributed by atoms with van der Waals surface area (Å²) < 4.78 is 22.3. The number of carbonyl (C=O) groups is 1. The molecule has 1 aliphatic heterocycles. The lowest BCUT2D eigenvalue weighted by Gasteiger charge is -2.26. The van der Waals surface area contributed by atoms with Crippen molar-refractivity contribution in [2.45, 2.75) is 12.5 Å². The van der Waals surface area contributed by atoms with Crippen molar-refractivity contribution in [2.24, 2.45) is 5.73 Å². The summed E-state index contributed by atoms with van der Waals surface area (Å²) in [5, 5.41) is 11.0. The molecule has 0 spiro atoms. The van der Waals surface area contributed by atoms with Crippen molar-refractivity contribution >= 4 is 29.2 Å². The molecule has 0 saturated heterocycles. The zero-order valence-corrected chi connectivity index (χ0v) is 22.7. The average Bonchev–Trinajstić information content (AvgIpc) is 2.96. The van der Waals surface area contributed by atoms with Crippen LogP contribution in [-0.2, 0) is 6.61 Å². The van der Waals surface area contributed by atoms with E-state index in [1.807, 2.05) is 30.3 Å². The Hall–Kier alpha value is -4.64. The summed E-state index contributed by atoms with van der Waals surface area (Å²) in [6, 6.07) is 26.3. The Morgan fingerprint density at radius 1 is 0.950 bits per heavy atom. The molecule has 0 fully saturated rings. The van der Waals surface area contributed by atoms with Crippen molar-refractivity contribution in [3.8, 4) is 29.1 Å². The lowest BCUT2D eigenvalue weighted by atomic mass is 9.83. The van der Waals surface area contributed by atoms with E-state index in [0.717, 1.165) is 11.1 Å². The van der Waals surface area contributed by atoms with Crippen LogP contribution in [0.2, 0.25) is 10.0 Å². The molecule has 0 aromatic heterocycles. The van der Waals surface area contributed by atoms with Gasteiger partial charge in [-0.1, -0.05) is 47.5 Å². The number of nitrogens with zero attached hydrogens (tertiary/aromatic N) is 1. The van der Waals surface area contributed by atoms with E-state index >= 15 is 0 Å². The number of hydrogen-bond donors (Lipinski definition) is 1. The smallest absolute Gasteiger partial charge is 0.343 e. The molecule has 2 N–H and O–H groups in total. The van der Waals surface area contributed by atoms with Crippen LogP contribution in [0.25, 0.3) is 0 Å².